The molecule has 5 fully saturated rings. The van der Waals surface area contributed by atoms with E-state index >= 15 is 8.78 Å². The largest absolute Gasteiger partial charge is 0.492 e. The van der Waals surface area contributed by atoms with Crippen molar-refractivity contribution in [1.82, 2.24) is 50.3 Å². The number of carbonyl (C=O) groups is 2. The molecule has 2 unspecified atom stereocenters. The second-order valence-electron chi connectivity index (χ2n) is 22.2. The normalized spacial score (nSPS) is 23.0. The monoisotopic (exact) mass is 1170 g/mol. The number of anilines is 1. The maximum atomic E-state index is 17.0. The number of terminal acetylenes is 1. The number of nitrogens with one attached hydrogen (secondary N) is 4. The summed E-state index contributed by atoms with van der Waals surface area (Å²) >= 11 is 6.64. The number of hydrogen-bond donors (Lipinski definition) is 5. The fourth-order valence-corrected chi connectivity index (χ4v) is 12.6. The van der Waals surface area contributed by atoms with E-state index in [-0.39, 0.29) is 79.4 Å². The minimum Gasteiger partial charge on any atom is -0.492 e. The summed E-state index contributed by atoms with van der Waals surface area (Å²) in [5, 5.41) is 21.1. The molecule has 0 bridgehead atoms. The van der Waals surface area contributed by atoms with E-state index in [1.165, 1.54) is 18.9 Å². The zero-order valence-corrected chi connectivity index (χ0v) is 47.2. The molecule has 0 radical (unpaired) electrons. The van der Waals surface area contributed by atoms with Gasteiger partial charge >= 0.3 is 12.1 Å². The third kappa shape index (κ3) is 12.3. The number of fused-ring (bicyclic) bond motifs is 5. The van der Waals surface area contributed by atoms with Crippen LogP contribution in [0, 0.1) is 24.0 Å². The summed E-state index contributed by atoms with van der Waals surface area (Å²) < 4.78 is 67.2. The lowest BCUT2D eigenvalue weighted by Crippen LogP contribution is -2.36. The van der Waals surface area contributed by atoms with Crippen molar-refractivity contribution in [3.05, 3.63) is 89.1 Å². The minimum absolute atomic E-state index is 0.00277. The number of H-pyrrole nitrogens is 1. The van der Waals surface area contributed by atoms with E-state index < -0.39 is 36.0 Å². The number of unbranched alkanes of at least 4 members (excludes halogenated alkanes) is 3. The molecule has 4 aromatic heterocycles. The molecule has 20 nitrogen and oxygen atoms in total. The van der Waals surface area contributed by atoms with Crippen LogP contribution in [0.4, 0.5) is 19.4 Å². The number of likely N-dealkylation sites (tertiary alicyclic amines) is 1. The topological polar surface area (TPSA) is 233 Å². The van der Waals surface area contributed by atoms with Crippen LogP contribution in [0.1, 0.15) is 69.8 Å². The van der Waals surface area contributed by atoms with Crippen molar-refractivity contribution in [2.75, 3.05) is 71.5 Å². The molecule has 8 atom stereocenters. The smallest absolute Gasteiger partial charge is 0.407 e. The summed E-state index contributed by atoms with van der Waals surface area (Å²) in [5.74, 6) is 2.11. The number of aliphatic hydroxyl groups excluding tert-OH is 1. The van der Waals surface area contributed by atoms with Crippen molar-refractivity contribution >= 4 is 62.3 Å². The second kappa shape index (κ2) is 25.4. The lowest BCUT2D eigenvalue weighted by atomic mass is 9.96. The van der Waals surface area contributed by atoms with E-state index in [9.17, 15) is 14.7 Å². The first-order valence-corrected chi connectivity index (χ1v) is 29.3. The summed E-state index contributed by atoms with van der Waals surface area (Å²) in [5.41, 5.74) is 2.69. The molecule has 7 aromatic rings. The molecule has 2 amide bonds. The van der Waals surface area contributed by atoms with E-state index in [4.69, 9.17) is 51.4 Å². The Morgan fingerprint density at radius 3 is 2.65 bits per heavy atom. The van der Waals surface area contributed by atoms with Crippen LogP contribution in [0.2, 0.25) is 5.02 Å². The number of amides is 2. The minimum atomic E-state index is -0.712. The number of ether oxygens (including phenoxy) is 6. The van der Waals surface area contributed by atoms with Gasteiger partial charge in [0.1, 0.15) is 66.2 Å². The number of aromatic nitrogens is 6. The molecular formula is C61H66ClF2N11O9. The fraction of sp³-hybridized carbons (Fsp3) is 0.459. The van der Waals surface area contributed by atoms with E-state index in [1.807, 2.05) is 36.2 Å². The summed E-state index contributed by atoms with van der Waals surface area (Å²) in [4.78, 5) is 56.2. The number of nitrogens with zero attached hydrogens (tertiary/aromatic N) is 7. The van der Waals surface area contributed by atoms with Gasteiger partial charge in [-0.05, 0) is 93.9 Å². The number of benzene rings is 3. The van der Waals surface area contributed by atoms with Crippen LogP contribution in [0.25, 0.3) is 55.4 Å². The molecule has 84 heavy (non-hydrogen) atoms. The third-order valence-electron chi connectivity index (χ3n) is 16.7. The number of aliphatic hydroxyl groups is 1. The number of carbonyl (C=O) groups excluding carboxylic acids is 2. The number of pyridine rings is 2. The Bertz CT molecular complexity index is 3590. The lowest BCUT2D eigenvalue weighted by molar-refractivity contribution is -0.121. The van der Waals surface area contributed by atoms with E-state index in [0.29, 0.717) is 113 Å². The second-order valence-corrected chi connectivity index (χ2v) is 22.6. The number of aromatic amines is 1. The molecule has 5 saturated heterocycles. The summed E-state index contributed by atoms with van der Waals surface area (Å²) in [6, 6.07) is 18.2. The molecular weight excluding hydrogens is 1100 g/mol. The first-order chi connectivity index (χ1) is 40.9. The number of rotatable bonds is 22. The Morgan fingerprint density at radius 1 is 0.929 bits per heavy atom. The Kier molecular flexibility index (Phi) is 17.2. The molecule has 5 aliphatic rings. The molecule has 0 saturated carbocycles. The van der Waals surface area contributed by atoms with Crippen LogP contribution in [-0.2, 0) is 19.0 Å². The predicted molar refractivity (Wildman–Crippen MR) is 310 cm³/mol. The fourth-order valence-electron chi connectivity index (χ4n) is 12.4. The molecule has 440 valence electrons. The van der Waals surface area contributed by atoms with Crippen molar-refractivity contribution < 1.29 is 51.9 Å². The molecule has 3 aromatic carbocycles. The van der Waals surface area contributed by atoms with Gasteiger partial charge in [-0.25, -0.2) is 18.6 Å². The standard InChI is InChI=1S/C61H66ClF2N11O9/c1-3-41-45(63)21-16-34-10-8-12-42(50(34)41)53-51(64)54-43(29-67-53)57(68-28-37-18-17-36-11-9-24-75(36)37)72-59(71-54)82-31-38-26-40(30-74(38)2)83-61(78)66-22-7-5-4-6-13-49(77)65-23-25-79-39-19-14-35(15-20-39)52-44(62)27-46-58(70-52)73-60(69-46)84-48-33-81-55-47(76)32-80-56(48)55/h1,8,10,12,14-16,19-21,27,29,36-38,40,47-48,55-56,76H,4-7,9,11,13,17-18,22-26,28,30-33H2,2H3,(H,65,77)(H,66,78)(H,68,71,72)(H,69,70,73)/t36?,37?,38-,40+,47+,48+,55+,56+/m0/s1. The number of likely N-dealkylation sites (N-methyl/N-ethyl adjacent to an activating group) is 1. The van der Waals surface area contributed by atoms with Gasteiger partial charge in [0.15, 0.2) is 17.6 Å². The Labute approximate surface area is 488 Å². The molecule has 5 aliphatic heterocycles. The van der Waals surface area contributed by atoms with Gasteiger partial charge in [-0.3, -0.25) is 19.6 Å². The highest BCUT2D eigenvalue weighted by molar-refractivity contribution is 6.33. The first-order valence-electron chi connectivity index (χ1n) is 28.9. The van der Waals surface area contributed by atoms with Crippen LogP contribution < -0.4 is 30.2 Å². The lowest BCUT2D eigenvalue weighted by Gasteiger charge is -2.24. The molecule has 9 heterocycles. The average Bonchev–Trinajstić information content (AvgIpc) is 2.41. The van der Waals surface area contributed by atoms with Crippen LogP contribution in [0.3, 0.4) is 0 Å². The van der Waals surface area contributed by atoms with Gasteiger partial charge in [0.25, 0.3) is 6.01 Å². The molecule has 0 spiro atoms. The van der Waals surface area contributed by atoms with Crippen molar-refractivity contribution in [3.63, 3.8) is 0 Å². The maximum Gasteiger partial charge on any atom is 0.407 e. The summed E-state index contributed by atoms with van der Waals surface area (Å²) in [6.07, 6.45) is 13.1. The number of imidazole rings is 1. The summed E-state index contributed by atoms with van der Waals surface area (Å²) in [7, 11) is 1.93. The highest BCUT2D eigenvalue weighted by atomic mass is 35.5. The van der Waals surface area contributed by atoms with Gasteiger partial charge < -0.3 is 54.5 Å². The zero-order valence-electron chi connectivity index (χ0n) is 46.5. The predicted octanol–water partition coefficient (Wildman–Crippen LogP) is 7.96. The van der Waals surface area contributed by atoms with Crippen molar-refractivity contribution in [3.8, 4) is 52.6 Å². The molecule has 0 aliphatic carbocycles. The van der Waals surface area contributed by atoms with Crippen molar-refractivity contribution in [2.24, 2.45) is 0 Å². The molecule has 23 heteroatoms. The van der Waals surface area contributed by atoms with E-state index in [2.05, 4.69) is 51.7 Å². The Morgan fingerprint density at radius 2 is 1.79 bits per heavy atom. The van der Waals surface area contributed by atoms with Crippen LogP contribution >= 0.6 is 11.6 Å². The van der Waals surface area contributed by atoms with Gasteiger partial charge in [-0.1, -0.05) is 54.6 Å². The van der Waals surface area contributed by atoms with Crippen molar-refractivity contribution in [1.29, 1.82) is 0 Å². The van der Waals surface area contributed by atoms with Gasteiger partial charge in [0.05, 0.1) is 46.9 Å². The molecule has 5 N–H and O–H groups in total. The third-order valence-corrected chi connectivity index (χ3v) is 17.0. The SMILES string of the molecule is C#Cc1c(F)ccc2cccc(-c3ncc4c(NCC5CCC6CCCN65)nc(OC[C@@H]5C[C@@H](OC(=O)NCCCCCCC(=O)NCCOc6ccc(-c7nc8nc(O[C@@H]9CO[C@H]%10[C@@H]9OC[C@H]%10O)[nH]c8cc7Cl)cc6)CN5C)nc4c3F)c12. The number of alkyl carbamates (subject to hydrolysis) is 1. The van der Waals surface area contributed by atoms with Gasteiger partial charge in [-0.15, -0.1) is 6.42 Å². The van der Waals surface area contributed by atoms with E-state index in [1.54, 1.807) is 36.5 Å². The maximum absolute atomic E-state index is 17.0. The first kappa shape index (κ1) is 56.9. The number of hydrogen-bond acceptors (Lipinski definition) is 17. The highest BCUT2D eigenvalue weighted by Crippen LogP contribution is 2.38. The van der Waals surface area contributed by atoms with Gasteiger partial charge in [0, 0.05) is 73.3 Å². The number of halogens is 3. The quantitative estimate of drug-likeness (QED) is 0.0320. The Hall–Kier alpha value is -7.52. The van der Waals surface area contributed by atoms with Gasteiger partial charge in [-0.2, -0.15) is 15.0 Å². The van der Waals surface area contributed by atoms with Crippen molar-refractivity contribution in [2.45, 2.75) is 113 Å². The van der Waals surface area contributed by atoms with Crippen LogP contribution in [-0.4, -0.2) is 172 Å². The zero-order chi connectivity index (χ0) is 57.8. The van der Waals surface area contributed by atoms with Crippen LogP contribution in [0.5, 0.6) is 17.8 Å². The van der Waals surface area contributed by atoms with Crippen LogP contribution in [0.15, 0.2) is 66.9 Å². The summed E-state index contributed by atoms with van der Waals surface area (Å²) in [6.45, 7) is 3.85. The highest BCUT2D eigenvalue weighted by Gasteiger charge is 2.49. The Balaban J connectivity index is 0.558. The van der Waals surface area contributed by atoms with E-state index in [0.717, 1.165) is 44.2 Å². The van der Waals surface area contributed by atoms with Gasteiger partial charge in [0.2, 0.25) is 5.91 Å². The molecule has 12 rings (SSSR count). The average molecular weight is 1170 g/mol.